The Bertz CT molecular complexity index is 1470. The van der Waals surface area contributed by atoms with Gasteiger partial charge in [0.2, 0.25) is 5.91 Å². The molecule has 1 fully saturated rings. The van der Waals surface area contributed by atoms with E-state index in [0.717, 1.165) is 5.56 Å². The van der Waals surface area contributed by atoms with E-state index in [1.165, 1.54) is 31.4 Å². The molecule has 206 valence electrons. The minimum atomic E-state index is -3.88. The Hall–Kier alpha value is -3.67. The molecule has 11 heteroatoms. The largest absolute Gasteiger partial charge is 0.497 e. The highest BCUT2D eigenvalue weighted by atomic mass is 32.2. The number of sulfonamides is 1. The molecular weight excluding hydrogens is 527 g/mol. The molecule has 1 saturated heterocycles. The van der Waals surface area contributed by atoms with Gasteiger partial charge >= 0.3 is 0 Å². The standard InChI is InChI=1S/C28H29FN2O7S/c1-36-20-6-3-7-22(12-20)39(34,35)31-19-8-9-25-23(11-19)24-13-21(37-26(16-32)28(24)38-25)14-27(33)30-15-17-4-2-5-18(29)10-17/h2-12,21,24,26,28,31-32H,13-16H2,1H3,(H,30,33)/t21-,24-,26-,28+/m0/s1. The van der Waals surface area contributed by atoms with Crippen molar-refractivity contribution in [2.75, 3.05) is 18.4 Å². The summed E-state index contributed by atoms with van der Waals surface area (Å²) >= 11 is 0. The average Bonchev–Trinajstić information content (AvgIpc) is 3.29. The van der Waals surface area contributed by atoms with E-state index < -0.39 is 28.3 Å². The van der Waals surface area contributed by atoms with Crippen LogP contribution in [0.3, 0.4) is 0 Å². The lowest BCUT2D eigenvalue weighted by atomic mass is 9.84. The van der Waals surface area contributed by atoms with Gasteiger partial charge in [0, 0.05) is 29.8 Å². The van der Waals surface area contributed by atoms with E-state index in [2.05, 4.69) is 10.0 Å². The number of carbonyl (C=O) groups is 1. The third kappa shape index (κ3) is 6.00. The highest BCUT2D eigenvalue weighted by Crippen LogP contribution is 2.47. The van der Waals surface area contributed by atoms with Gasteiger partial charge in [0.25, 0.3) is 10.0 Å². The van der Waals surface area contributed by atoms with Gasteiger partial charge in [-0.15, -0.1) is 0 Å². The van der Waals surface area contributed by atoms with Gasteiger partial charge in [-0.3, -0.25) is 9.52 Å². The van der Waals surface area contributed by atoms with Crippen LogP contribution in [0.25, 0.3) is 0 Å². The lowest BCUT2D eigenvalue weighted by Gasteiger charge is -2.37. The Morgan fingerprint density at radius 3 is 2.72 bits per heavy atom. The summed E-state index contributed by atoms with van der Waals surface area (Å²) in [4.78, 5) is 12.7. The maximum atomic E-state index is 13.4. The third-order valence-corrected chi connectivity index (χ3v) is 8.27. The van der Waals surface area contributed by atoms with E-state index >= 15 is 0 Å². The number of nitrogens with one attached hydrogen (secondary N) is 2. The van der Waals surface area contributed by atoms with Crippen LogP contribution in [0.5, 0.6) is 11.5 Å². The summed E-state index contributed by atoms with van der Waals surface area (Å²) in [7, 11) is -2.42. The number of aliphatic hydroxyl groups excluding tert-OH is 1. The molecule has 0 aliphatic carbocycles. The van der Waals surface area contributed by atoms with E-state index in [1.54, 1.807) is 42.5 Å². The van der Waals surface area contributed by atoms with Gasteiger partial charge in [-0.25, -0.2) is 12.8 Å². The molecule has 39 heavy (non-hydrogen) atoms. The van der Waals surface area contributed by atoms with E-state index in [9.17, 15) is 22.7 Å². The molecule has 0 bridgehead atoms. The second-order valence-electron chi connectivity index (χ2n) is 9.55. The van der Waals surface area contributed by atoms with Gasteiger partial charge in [-0.2, -0.15) is 0 Å². The summed E-state index contributed by atoms with van der Waals surface area (Å²) < 4.78 is 59.2. The summed E-state index contributed by atoms with van der Waals surface area (Å²) in [5.74, 6) is 0.143. The Kier molecular flexibility index (Phi) is 7.74. The van der Waals surface area contributed by atoms with Crippen LogP contribution in [0.2, 0.25) is 0 Å². The average molecular weight is 557 g/mol. The number of ether oxygens (including phenoxy) is 3. The second-order valence-corrected chi connectivity index (χ2v) is 11.2. The van der Waals surface area contributed by atoms with Gasteiger partial charge in [-0.1, -0.05) is 18.2 Å². The molecule has 4 atom stereocenters. The SMILES string of the molecule is COc1cccc(S(=O)(=O)Nc2ccc3c(c2)[C@@H]2C[C@@H](CC(=O)NCc4cccc(F)c4)O[C@@H](CO)[C@@H]2O3)c1. The fourth-order valence-corrected chi connectivity index (χ4v) is 6.15. The van der Waals surface area contributed by atoms with E-state index in [-0.39, 0.29) is 42.1 Å². The van der Waals surface area contributed by atoms with Crippen LogP contribution in [0.4, 0.5) is 10.1 Å². The Labute approximate surface area is 226 Å². The number of anilines is 1. The molecule has 5 rings (SSSR count). The molecule has 0 spiro atoms. The predicted molar refractivity (Wildman–Crippen MR) is 141 cm³/mol. The number of rotatable bonds is 9. The highest BCUT2D eigenvalue weighted by Gasteiger charge is 2.46. The zero-order valence-electron chi connectivity index (χ0n) is 21.2. The van der Waals surface area contributed by atoms with Crippen LogP contribution < -0.4 is 19.5 Å². The van der Waals surface area contributed by atoms with Gasteiger partial charge in [0.05, 0.1) is 31.1 Å². The summed E-state index contributed by atoms with van der Waals surface area (Å²) in [6.45, 7) is -0.118. The molecule has 2 heterocycles. The predicted octanol–water partition coefficient (Wildman–Crippen LogP) is 3.34. The van der Waals surface area contributed by atoms with E-state index in [0.29, 0.717) is 29.2 Å². The van der Waals surface area contributed by atoms with Crippen LogP contribution in [0.15, 0.2) is 71.6 Å². The molecule has 1 amide bonds. The number of halogens is 1. The van der Waals surface area contributed by atoms with Crippen LogP contribution in [0.1, 0.15) is 29.9 Å². The van der Waals surface area contributed by atoms with Crippen molar-refractivity contribution in [2.24, 2.45) is 0 Å². The number of hydrogen-bond donors (Lipinski definition) is 3. The number of amides is 1. The normalized spacial score (nSPS) is 21.8. The molecule has 2 aliphatic heterocycles. The summed E-state index contributed by atoms with van der Waals surface area (Å²) in [6.07, 6.45) is -1.14. The molecule has 0 saturated carbocycles. The van der Waals surface area contributed by atoms with Gasteiger partial charge in [0.1, 0.15) is 29.5 Å². The number of carbonyl (C=O) groups excluding carboxylic acids is 1. The number of benzene rings is 3. The first-order valence-corrected chi connectivity index (χ1v) is 14.0. The minimum absolute atomic E-state index is 0.0481. The lowest BCUT2D eigenvalue weighted by Crippen LogP contribution is -2.47. The van der Waals surface area contributed by atoms with Gasteiger partial charge < -0.3 is 24.6 Å². The zero-order chi connectivity index (χ0) is 27.6. The molecule has 3 aromatic rings. The second kappa shape index (κ2) is 11.2. The molecular formula is C28H29FN2O7S. The summed E-state index contributed by atoms with van der Waals surface area (Å²) in [6, 6.07) is 17.2. The number of aliphatic hydroxyl groups is 1. The van der Waals surface area contributed by atoms with Crippen molar-refractivity contribution >= 4 is 21.6 Å². The van der Waals surface area contributed by atoms with Crippen molar-refractivity contribution in [1.82, 2.24) is 5.32 Å². The topological polar surface area (TPSA) is 123 Å². The molecule has 0 radical (unpaired) electrons. The van der Waals surface area contributed by atoms with Crippen molar-refractivity contribution in [3.63, 3.8) is 0 Å². The van der Waals surface area contributed by atoms with Gasteiger partial charge in [0.15, 0.2) is 0 Å². The highest BCUT2D eigenvalue weighted by molar-refractivity contribution is 7.92. The van der Waals surface area contributed by atoms with Crippen molar-refractivity contribution in [1.29, 1.82) is 0 Å². The summed E-state index contributed by atoms with van der Waals surface area (Å²) in [5, 5.41) is 12.8. The Balaban J connectivity index is 1.29. The summed E-state index contributed by atoms with van der Waals surface area (Å²) in [5.41, 5.74) is 1.78. The third-order valence-electron chi connectivity index (χ3n) is 6.89. The first-order valence-electron chi connectivity index (χ1n) is 12.5. The van der Waals surface area contributed by atoms with E-state index in [1.807, 2.05) is 0 Å². The quantitative estimate of drug-likeness (QED) is 0.370. The Morgan fingerprint density at radius 1 is 1.13 bits per heavy atom. The maximum absolute atomic E-state index is 13.4. The fourth-order valence-electron chi connectivity index (χ4n) is 5.06. The number of hydrogen-bond acceptors (Lipinski definition) is 7. The first kappa shape index (κ1) is 26.9. The molecule has 3 aromatic carbocycles. The Morgan fingerprint density at radius 2 is 1.95 bits per heavy atom. The van der Waals surface area contributed by atoms with Crippen molar-refractivity contribution in [3.05, 3.63) is 83.7 Å². The fraction of sp³-hybridized carbons (Fsp3) is 0.321. The molecule has 0 aromatic heterocycles. The maximum Gasteiger partial charge on any atom is 0.262 e. The van der Waals surface area contributed by atoms with Crippen molar-refractivity contribution in [3.8, 4) is 11.5 Å². The first-order chi connectivity index (χ1) is 18.8. The monoisotopic (exact) mass is 556 g/mol. The van der Waals surface area contributed by atoms with Crippen LogP contribution >= 0.6 is 0 Å². The van der Waals surface area contributed by atoms with E-state index in [4.69, 9.17) is 14.2 Å². The van der Waals surface area contributed by atoms with Crippen LogP contribution in [-0.4, -0.2) is 51.5 Å². The molecule has 3 N–H and O–H groups in total. The number of methoxy groups -OCH3 is 1. The molecule has 2 aliphatic rings. The van der Waals surface area contributed by atoms with Crippen LogP contribution in [0, 0.1) is 5.82 Å². The molecule has 9 nitrogen and oxygen atoms in total. The lowest BCUT2D eigenvalue weighted by molar-refractivity contribution is -0.142. The molecule has 0 unspecified atom stereocenters. The minimum Gasteiger partial charge on any atom is -0.497 e. The smallest absolute Gasteiger partial charge is 0.262 e. The number of fused-ring (bicyclic) bond motifs is 3. The van der Waals surface area contributed by atoms with Gasteiger partial charge in [-0.05, 0) is 54.4 Å². The zero-order valence-corrected chi connectivity index (χ0v) is 22.0. The van der Waals surface area contributed by atoms with Crippen molar-refractivity contribution < 1.29 is 36.9 Å². The van der Waals surface area contributed by atoms with Crippen molar-refractivity contribution in [2.45, 2.75) is 48.5 Å². The van der Waals surface area contributed by atoms with Crippen LogP contribution in [-0.2, 0) is 26.1 Å².